The van der Waals surface area contributed by atoms with Crippen LogP contribution in [0.1, 0.15) is 26.7 Å². The Bertz CT molecular complexity index is 218. The van der Waals surface area contributed by atoms with Crippen LogP contribution in [0.2, 0.25) is 0 Å². The van der Waals surface area contributed by atoms with Crippen LogP contribution in [0.15, 0.2) is 0 Å². The van der Waals surface area contributed by atoms with Crippen LogP contribution in [0.3, 0.4) is 0 Å². The second-order valence-corrected chi connectivity index (χ2v) is 4.55. The van der Waals surface area contributed by atoms with Crippen LogP contribution in [0, 0.1) is 0 Å². The van der Waals surface area contributed by atoms with Crippen LogP contribution < -0.4 is 5.32 Å². The van der Waals surface area contributed by atoms with Crippen molar-refractivity contribution in [2.24, 2.45) is 0 Å². The summed E-state index contributed by atoms with van der Waals surface area (Å²) in [6, 6.07) is 0.333. The van der Waals surface area contributed by atoms with E-state index in [1.807, 2.05) is 4.90 Å². The van der Waals surface area contributed by atoms with E-state index in [0.29, 0.717) is 12.6 Å². The second kappa shape index (κ2) is 5.47. The minimum Gasteiger partial charge on any atom is -0.323 e. The summed E-state index contributed by atoms with van der Waals surface area (Å²) < 4.78 is 0. The van der Waals surface area contributed by atoms with Gasteiger partial charge in [-0.1, -0.05) is 6.92 Å². The van der Waals surface area contributed by atoms with E-state index >= 15 is 0 Å². The van der Waals surface area contributed by atoms with Crippen molar-refractivity contribution >= 4 is 5.91 Å². The number of amides is 1. The summed E-state index contributed by atoms with van der Waals surface area (Å²) in [6.07, 6.45) is 2.27. The molecular formula is C11H23N3O. The lowest BCUT2D eigenvalue weighted by Gasteiger charge is -2.30. The van der Waals surface area contributed by atoms with E-state index in [1.165, 1.54) is 0 Å². The molecule has 0 saturated carbocycles. The second-order valence-electron chi connectivity index (χ2n) is 4.55. The quantitative estimate of drug-likeness (QED) is 0.722. The van der Waals surface area contributed by atoms with Gasteiger partial charge in [-0.15, -0.1) is 0 Å². The number of carbonyl (C=O) groups is 1. The van der Waals surface area contributed by atoms with E-state index in [9.17, 15) is 4.79 Å². The third-order valence-corrected chi connectivity index (χ3v) is 2.97. The van der Waals surface area contributed by atoms with E-state index in [-0.39, 0.29) is 12.1 Å². The summed E-state index contributed by atoms with van der Waals surface area (Å²) in [5.41, 5.74) is 0. The first-order valence-electron chi connectivity index (χ1n) is 5.75. The molecule has 0 aliphatic carbocycles. The molecule has 1 aliphatic heterocycles. The molecule has 0 aromatic rings. The molecule has 1 amide bonds. The van der Waals surface area contributed by atoms with Crippen molar-refractivity contribution in [2.75, 3.05) is 27.2 Å². The summed E-state index contributed by atoms with van der Waals surface area (Å²) in [7, 11) is 4.13. The van der Waals surface area contributed by atoms with E-state index < -0.39 is 0 Å². The highest BCUT2D eigenvalue weighted by Crippen LogP contribution is 2.15. The maximum absolute atomic E-state index is 11.7. The Morgan fingerprint density at radius 3 is 2.80 bits per heavy atom. The fourth-order valence-corrected chi connectivity index (χ4v) is 2.05. The molecule has 0 aromatic heterocycles. The number of hydrogen-bond donors (Lipinski definition) is 1. The van der Waals surface area contributed by atoms with Crippen LogP contribution in [0.4, 0.5) is 0 Å². The first kappa shape index (κ1) is 12.5. The fraction of sp³-hybridized carbons (Fsp3) is 0.909. The summed E-state index contributed by atoms with van der Waals surface area (Å²) >= 11 is 0. The minimum atomic E-state index is 0.244. The van der Waals surface area contributed by atoms with E-state index in [2.05, 4.69) is 38.2 Å². The van der Waals surface area contributed by atoms with Gasteiger partial charge in [-0.25, -0.2) is 0 Å². The standard InChI is InChI=1S/C11H23N3O/c1-5-10-12-8-11(15)14(10)9(2)6-7-13(3)4/h9-10,12H,5-8H2,1-4H3. The molecule has 1 N–H and O–H groups in total. The Labute approximate surface area is 92.6 Å². The van der Waals surface area contributed by atoms with Gasteiger partial charge in [0.05, 0.1) is 12.7 Å². The van der Waals surface area contributed by atoms with Crippen molar-refractivity contribution in [3.8, 4) is 0 Å². The van der Waals surface area contributed by atoms with Crippen molar-refractivity contribution < 1.29 is 4.79 Å². The van der Waals surface area contributed by atoms with Gasteiger partial charge >= 0.3 is 0 Å². The molecule has 1 fully saturated rings. The van der Waals surface area contributed by atoms with Crippen LogP contribution in [0.5, 0.6) is 0 Å². The lowest BCUT2D eigenvalue weighted by atomic mass is 10.2. The van der Waals surface area contributed by atoms with Gasteiger partial charge in [-0.05, 0) is 40.4 Å². The zero-order chi connectivity index (χ0) is 11.4. The lowest BCUT2D eigenvalue weighted by molar-refractivity contribution is -0.130. The van der Waals surface area contributed by atoms with Crippen molar-refractivity contribution in [3.05, 3.63) is 0 Å². The average Bonchev–Trinajstić information content (AvgIpc) is 2.56. The summed E-state index contributed by atoms with van der Waals surface area (Å²) in [6.45, 7) is 5.78. The molecule has 1 heterocycles. The van der Waals surface area contributed by atoms with Gasteiger partial charge in [0.15, 0.2) is 0 Å². The van der Waals surface area contributed by atoms with Crippen LogP contribution in [-0.2, 0) is 4.79 Å². The molecule has 2 atom stereocenters. The number of carbonyl (C=O) groups excluding carboxylic acids is 1. The third-order valence-electron chi connectivity index (χ3n) is 2.97. The molecule has 0 radical (unpaired) electrons. The summed E-state index contributed by atoms with van der Waals surface area (Å²) in [4.78, 5) is 15.8. The minimum absolute atomic E-state index is 0.244. The molecule has 1 aliphatic rings. The topological polar surface area (TPSA) is 35.6 Å². The Morgan fingerprint density at radius 1 is 1.60 bits per heavy atom. The van der Waals surface area contributed by atoms with Gasteiger partial charge in [-0.2, -0.15) is 0 Å². The van der Waals surface area contributed by atoms with Crippen molar-refractivity contribution in [1.29, 1.82) is 0 Å². The van der Waals surface area contributed by atoms with Crippen LogP contribution in [0.25, 0.3) is 0 Å². The van der Waals surface area contributed by atoms with Gasteiger partial charge in [0.25, 0.3) is 0 Å². The molecule has 88 valence electrons. The largest absolute Gasteiger partial charge is 0.323 e. The molecule has 1 rings (SSSR count). The van der Waals surface area contributed by atoms with Crippen LogP contribution in [-0.4, -0.2) is 55.1 Å². The molecule has 0 aromatic carbocycles. The maximum atomic E-state index is 11.7. The molecule has 15 heavy (non-hydrogen) atoms. The predicted molar refractivity (Wildman–Crippen MR) is 61.6 cm³/mol. The predicted octanol–water partition coefficient (Wildman–Crippen LogP) is 0.495. The van der Waals surface area contributed by atoms with Crippen molar-refractivity contribution in [3.63, 3.8) is 0 Å². The van der Waals surface area contributed by atoms with Gasteiger partial charge < -0.3 is 9.80 Å². The zero-order valence-electron chi connectivity index (χ0n) is 10.3. The number of hydrogen-bond acceptors (Lipinski definition) is 3. The molecular weight excluding hydrogens is 190 g/mol. The Morgan fingerprint density at radius 2 is 2.27 bits per heavy atom. The first-order valence-corrected chi connectivity index (χ1v) is 5.75. The number of nitrogens with zero attached hydrogens (tertiary/aromatic N) is 2. The van der Waals surface area contributed by atoms with Crippen LogP contribution >= 0.6 is 0 Å². The lowest BCUT2D eigenvalue weighted by Crippen LogP contribution is -2.43. The van der Waals surface area contributed by atoms with Gasteiger partial charge in [0, 0.05) is 6.04 Å². The van der Waals surface area contributed by atoms with Crippen molar-refractivity contribution in [2.45, 2.75) is 38.9 Å². The smallest absolute Gasteiger partial charge is 0.238 e. The molecule has 4 heteroatoms. The van der Waals surface area contributed by atoms with E-state index in [1.54, 1.807) is 0 Å². The summed E-state index contributed by atoms with van der Waals surface area (Å²) in [5.74, 6) is 0.244. The Kier molecular flexibility index (Phi) is 4.54. The highest BCUT2D eigenvalue weighted by molar-refractivity contribution is 5.80. The zero-order valence-corrected chi connectivity index (χ0v) is 10.3. The fourth-order valence-electron chi connectivity index (χ4n) is 2.05. The maximum Gasteiger partial charge on any atom is 0.238 e. The number of rotatable bonds is 5. The normalized spacial score (nSPS) is 23.9. The van der Waals surface area contributed by atoms with E-state index in [4.69, 9.17) is 0 Å². The Hall–Kier alpha value is -0.610. The molecule has 2 unspecified atom stereocenters. The highest BCUT2D eigenvalue weighted by atomic mass is 16.2. The van der Waals surface area contributed by atoms with Gasteiger partial charge in [0.1, 0.15) is 0 Å². The molecule has 0 spiro atoms. The molecule has 1 saturated heterocycles. The van der Waals surface area contributed by atoms with Gasteiger partial charge in [0.2, 0.25) is 5.91 Å². The first-order chi connectivity index (χ1) is 7.06. The average molecular weight is 213 g/mol. The van der Waals surface area contributed by atoms with Gasteiger partial charge in [-0.3, -0.25) is 10.1 Å². The SMILES string of the molecule is CCC1NCC(=O)N1C(C)CCN(C)C. The van der Waals surface area contributed by atoms with Crippen molar-refractivity contribution in [1.82, 2.24) is 15.1 Å². The highest BCUT2D eigenvalue weighted by Gasteiger charge is 2.32. The third kappa shape index (κ3) is 3.18. The van der Waals surface area contributed by atoms with E-state index in [0.717, 1.165) is 19.4 Å². The summed E-state index contributed by atoms with van der Waals surface area (Å²) in [5, 5.41) is 3.24. The Balaban J connectivity index is 2.48. The molecule has 0 bridgehead atoms. The monoisotopic (exact) mass is 213 g/mol. The molecule has 4 nitrogen and oxygen atoms in total. The number of nitrogens with one attached hydrogen (secondary N) is 1.